The minimum Gasteiger partial charge on any atom is -0.481 e. The summed E-state index contributed by atoms with van der Waals surface area (Å²) in [5, 5.41) is 11.8. The van der Waals surface area contributed by atoms with E-state index < -0.39 is 11.5 Å². The van der Waals surface area contributed by atoms with Gasteiger partial charge in [-0.15, -0.1) is 0 Å². The van der Waals surface area contributed by atoms with Gasteiger partial charge >= 0.3 is 5.97 Å². The average Bonchev–Trinajstić information content (AvgIpc) is 2.49. The third-order valence-corrected chi connectivity index (χ3v) is 4.50. The molecule has 130 valence electrons. The van der Waals surface area contributed by atoms with Crippen LogP contribution in [0.15, 0.2) is 30.3 Å². The summed E-state index contributed by atoms with van der Waals surface area (Å²) in [6, 6.07) is 9.77. The van der Waals surface area contributed by atoms with Crippen molar-refractivity contribution in [2.24, 2.45) is 0 Å². The molecule has 0 aromatic heterocycles. The molecule has 0 atom stereocenters. The second-order valence-electron chi connectivity index (χ2n) is 6.43. The van der Waals surface area contributed by atoms with Crippen molar-refractivity contribution in [2.75, 3.05) is 13.1 Å². The molecule has 24 heavy (non-hydrogen) atoms. The van der Waals surface area contributed by atoms with Gasteiger partial charge in [-0.1, -0.05) is 30.3 Å². The maximum atomic E-state index is 12.3. The molecule has 0 bridgehead atoms. The minimum absolute atomic E-state index is 0.0382. The second kappa shape index (κ2) is 7.95. The number of benzene rings is 1. The topological polar surface area (TPSA) is 86.7 Å². The highest BCUT2D eigenvalue weighted by Crippen LogP contribution is 2.34. The predicted molar refractivity (Wildman–Crippen MR) is 89.4 cm³/mol. The Hall–Kier alpha value is -2.37. The maximum absolute atomic E-state index is 12.3. The molecule has 1 aromatic rings. The fourth-order valence-electron chi connectivity index (χ4n) is 3.00. The van der Waals surface area contributed by atoms with Crippen LogP contribution in [0.2, 0.25) is 0 Å². The molecule has 1 aliphatic rings. The number of carboxylic acid groups (broad SMARTS) is 1. The number of nitrogens with zero attached hydrogens (tertiary/aromatic N) is 1. The number of rotatable bonds is 8. The van der Waals surface area contributed by atoms with Gasteiger partial charge in [0, 0.05) is 13.5 Å². The largest absolute Gasteiger partial charge is 0.481 e. The first-order chi connectivity index (χ1) is 11.4. The summed E-state index contributed by atoms with van der Waals surface area (Å²) in [7, 11) is 0. The van der Waals surface area contributed by atoms with E-state index in [1.165, 1.54) is 11.8 Å². The number of amides is 2. The van der Waals surface area contributed by atoms with Gasteiger partial charge in [-0.05, 0) is 31.2 Å². The third kappa shape index (κ3) is 5.08. The van der Waals surface area contributed by atoms with Gasteiger partial charge in [0.15, 0.2) is 0 Å². The molecule has 0 radical (unpaired) electrons. The molecule has 6 nitrogen and oxygen atoms in total. The standard InChI is InChI=1S/C18H24N2O4/c1-14(21)20(11-8-15-6-3-2-4-7-15)13-16(22)19-18(9-5-10-18)12-17(23)24/h2-4,6-7H,5,8-13H2,1H3,(H,19,22)(H,23,24). The number of aliphatic carboxylic acids is 1. The second-order valence-corrected chi connectivity index (χ2v) is 6.43. The fraction of sp³-hybridized carbons (Fsp3) is 0.500. The highest BCUT2D eigenvalue weighted by atomic mass is 16.4. The normalized spacial score (nSPS) is 15.2. The van der Waals surface area contributed by atoms with Crippen molar-refractivity contribution in [1.82, 2.24) is 10.2 Å². The van der Waals surface area contributed by atoms with Crippen LogP contribution in [-0.4, -0.2) is 46.4 Å². The van der Waals surface area contributed by atoms with Crippen LogP contribution in [0.5, 0.6) is 0 Å². The monoisotopic (exact) mass is 332 g/mol. The molecule has 1 fully saturated rings. The van der Waals surface area contributed by atoms with Crippen molar-refractivity contribution < 1.29 is 19.5 Å². The van der Waals surface area contributed by atoms with Crippen LogP contribution in [0.25, 0.3) is 0 Å². The molecule has 2 N–H and O–H groups in total. The number of hydrogen-bond acceptors (Lipinski definition) is 3. The zero-order chi connectivity index (χ0) is 17.6. The molecule has 2 amide bonds. The highest BCUT2D eigenvalue weighted by molar-refractivity contribution is 5.85. The summed E-state index contributed by atoms with van der Waals surface area (Å²) < 4.78 is 0. The molecule has 0 spiro atoms. The van der Waals surface area contributed by atoms with Gasteiger partial charge in [-0.2, -0.15) is 0 Å². The number of carbonyl (C=O) groups excluding carboxylic acids is 2. The van der Waals surface area contributed by atoms with Gasteiger partial charge in [-0.3, -0.25) is 14.4 Å². The van der Waals surface area contributed by atoms with Crippen molar-refractivity contribution in [3.05, 3.63) is 35.9 Å². The van der Waals surface area contributed by atoms with Gasteiger partial charge in [-0.25, -0.2) is 0 Å². The first-order valence-corrected chi connectivity index (χ1v) is 8.22. The first kappa shape index (κ1) is 18.0. The minimum atomic E-state index is -0.914. The van der Waals surface area contributed by atoms with Crippen LogP contribution in [0.3, 0.4) is 0 Å². The van der Waals surface area contributed by atoms with Crippen LogP contribution in [0.4, 0.5) is 0 Å². The maximum Gasteiger partial charge on any atom is 0.305 e. The quantitative estimate of drug-likeness (QED) is 0.757. The van der Waals surface area contributed by atoms with Gasteiger partial charge < -0.3 is 15.3 Å². The molecular formula is C18H24N2O4. The molecular weight excluding hydrogens is 308 g/mol. The van der Waals surface area contributed by atoms with Crippen molar-refractivity contribution in [1.29, 1.82) is 0 Å². The number of hydrogen-bond donors (Lipinski definition) is 2. The molecule has 0 aliphatic heterocycles. The summed E-state index contributed by atoms with van der Waals surface area (Å²) in [6.07, 6.45) is 2.87. The van der Waals surface area contributed by atoms with E-state index in [0.29, 0.717) is 25.8 Å². The van der Waals surface area contributed by atoms with Crippen molar-refractivity contribution in [3.63, 3.8) is 0 Å². The summed E-state index contributed by atoms with van der Waals surface area (Å²) in [6.45, 7) is 1.86. The Labute approximate surface area is 141 Å². The Morgan fingerprint density at radius 2 is 1.88 bits per heavy atom. The third-order valence-electron chi connectivity index (χ3n) is 4.50. The van der Waals surface area contributed by atoms with E-state index in [1.54, 1.807) is 0 Å². The lowest BCUT2D eigenvalue weighted by Crippen LogP contribution is -2.57. The number of nitrogens with one attached hydrogen (secondary N) is 1. The summed E-state index contributed by atoms with van der Waals surface area (Å²) in [5.74, 6) is -1.37. The Kier molecular flexibility index (Phi) is 5.95. The van der Waals surface area contributed by atoms with Gasteiger partial charge in [0.25, 0.3) is 0 Å². The van der Waals surface area contributed by atoms with Crippen molar-refractivity contribution >= 4 is 17.8 Å². The fourth-order valence-corrected chi connectivity index (χ4v) is 3.00. The lowest BCUT2D eigenvalue weighted by molar-refractivity contribution is -0.141. The summed E-state index contributed by atoms with van der Waals surface area (Å²) >= 11 is 0. The van der Waals surface area contributed by atoms with Crippen LogP contribution < -0.4 is 5.32 Å². The number of carboxylic acids is 1. The number of carbonyl (C=O) groups is 3. The van der Waals surface area contributed by atoms with Gasteiger partial charge in [0.2, 0.25) is 11.8 Å². The van der Waals surface area contributed by atoms with E-state index in [1.807, 2.05) is 30.3 Å². The highest BCUT2D eigenvalue weighted by Gasteiger charge is 2.40. The molecule has 2 rings (SSSR count). The first-order valence-electron chi connectivity index (χ1n) is 8.22. The van der Waals surface area contributed by atoms with E-state index in [2.05, 4.69) is 5.32 Å². The Bertz CT molecular complexity index is 596. The summed E-state index contributed by atoms with van der Waals surface area (Å²) in [5.41, 5.74) is 0.468. The van der Waals surface area contributed by atoms with E-state index in [0.717, 1.165) is 12.0 Å². The molecule has 1 aliphatic carbocycles. The van der Waals surface area contributed by atoms with E-state index in [-0.39, 0.29) is 24.8 Å². The van der Waals surface area contributed by atoms with Crippen LogP contribution in [0, 0.1) is 0 Å². The molecule has 0 saturated heterocycles. The van der Waals surface area contributed by atoms with Crippen molar-refractivity contribution in [3.8, 4) is 0 Å². The van der Waals surface area contributed by atoms with Crippen LogP contribution in [-0.2, 0) is 20.8 Å². The zero-order valence-corrected chi connectivity index (χ0v) is 14.0. The molecule has 1 aromatic carbocycles. The van der Waals surface area contributed by atoms with E-state index in [9.17, 15) is 14.4 Å². The SMILES string of the molecule is CC(=O)N(CCc1ccccc1)CC(=O)NC1(CC(=O)O)CCC1. The van der Waals surface area contributed by atoms with Gasteiger partial charge in [0.05, 0.1) is 18.5 Å². The lowest BCUT2D eigenvalue weighted by Gasteiger charge is -2.41. The summed E-state index contributed by atoms with van der Waals surface area (Å²) in [4.78, 5) is 36.5. The van der Waals surface area contributed by atoms with E-state index in [4.69, 9.17) is 5.11 Å². The Morgan fingerprint density at radius 3 is 2.38 bits per heavy atom. The van der Waals surface area contributed by atoms with Crippen molar-refractivity contribution in [2.45, 2.75) is 44.6 Å². The Balaban J connectivity index is 1.88. The smallest absolute Gasteiger partial charge is 0.305 e. The average molecular weight is 332 g/mol. The van der Waals surface area contributed by atoms with Crippen LogP contribution >= 0.6 is 0 Å². The molecule has 0 heterocycles. The lowest BCUT2D eigenvalue weighted by atomic mass is 9.74. The molecule has 0 unspecified atom stereocenters. The predicted octanol–water partition coefficient (Wildman–Crippen LogP) is 1.59. The van der Waals surface area contributed by atoms with Crippen LogP contribution in [0.1, 0.15) is 38.2 Å². The Morgan fingerprint density at radius 1 is 1.21 bits per heavy atom. The molecule has 1 saturated carbocycles. The zero-order valence-electron chi connectivity index (χ0n) is 14.0. The van der Waals surface area contributed by atoms with Gasteiger partial charge in [0.1, 0.15) is 0 Å². The van der Waals surface area contributed by atoms with E-state index >= 15 is 0 Å². The molecule has 6 heteroatoms.